The van der Waals surface area contributed by atoms with Crippen LogP contribution in [0.1, 0.15) is 37.2 Å². The Morgan fingerprint density at radius 3 is 2.65 bits per heavy atom. The third-order valence-corrected chi connectivity index (χ3v) is 6.52. The SMILES string of the molecule is O=C(NO)[C@H]1CC2(CC2)CN[C@@H]1C(=O)N1CCC(c2ccc(Cl)cc2)C1. The van der Waals surface area contributed by atoms with Gasteiger partial charge in [-0.3, -0.25) is 14.8 Å². The largest absolute Gasteiger partial charge is 0.341 e. The summed E-state index contributed by atoms with van der Waals surface area (Å²) in [6.45, 7) is 2.10. The van der Waals surface area contributed by atoms with Crippen molar-refractivity contribution in [3.63, 3.8) is 0 Å². The number of benzene rings is 1. The van der Waals surface area contributed by atoms with E-state index in [1.54, 1.807) is 5.48 Å². The van der Waals surface area contributed by atoms with Gasteiger partial charge in [-0.15, -0.1) is 0 Å². The number of hydroxylamine groups is 1. The molecule has 2 saturated heterocycles. The highest BCUT2D eigenvalue weighted by Crippen LogP contribution is 2.52. The predicted molar refractivity (Wildman–Crippen MR) is 96.9 cm³/mol. The molecule has 0 radical (unpaired) electrons. The van der Waals surface area contributed by atoms with E-state index in [1.807, 2.05) is 29.2 Å². The van der Waals surface area contributed by atoms with Gasteiger partial charge in [0.15, 0.2) is 0 Å². The fourth-order valence-electron chi connectivity index (χ4n) is 4.43. The van der Waals surface area contributed by atoms with Gasteiger partial charge in [0.25, 0.3) is 0 Å². The third kappa shape index (κ3) is 3.33. The molecule has 0 aromatic heterocycles. The number of halogens is 1. The molecular weight excluding hydrogens is 354 g/mol. The Balaban J connectivity index is 1.44. The first-order chi connectivity index (χ1) is 12.5. The Labute approximate surface area is 157 Å². The normalized spacial score (nSPS) is 29.6. The summed E-state index contributed by atoms with van der Waals surface area (Å²) >= 11 is 5.96. The van der Waals surface area contributed by atoms with Gasteiger partial charge in [-0.1, -0.05) is 23.7 Å². The maximum atomic E-state index is 13.1. The van der Waals surface area contributed by atoms with Crippen molar-refractivity contribution in [1.29, 1.82) is 0 Å². The molecule has 3 aliphatic rings. The maximum absolute atomic E-state index is 13.1. The van der Waals surface area contributed by atoms with Crippen LogP contribution >= 0.6 is 11.6 Å². The lowest BCUT2D eigenvalue weighted by Crippen LogP contribution is -2.58. The molecule has 3 N–H and O–H groups in total. The minimum absolute atomic E-state index is 0.0365. The molecule has 2 amide bonds. The summed E-state index contributed by atoms with van der Waals surface area (Å²) in [4.78, 5) is 27.1. The topological polar surface area (TPSA) is 81.7 Å². The number of rotatable bonds is 3. The van der Waals surface area contributed by atoms with Crippen LogP contribution in [0.3, 0.4) is 0 Å². The first-order valence-electron chi connectivity index (χ1n) is 9.23. The number of nitrogens with one attached hydrogen (secondary N) is 2. The molecule has 4 rings (SSSR count). The van der Waals surface area contributed by atoms with E-state index in [9.17, 15) is 9.59 Å². The summed E-state index contributed by atoms with van der Waals surface area (Å²) in [6, 6.07) is 7.22. The molecule has 1 aromatic rings. The van der Waals surface area contributed by atoms with Gasteiger partial charge in [0.05, 0.1) is 12.0 Å². The van der Waals surface area contributed by atoms with Crippen molar-refractivity contribution in [1.82, 2.24) is 15.7 Å². The first kappa shape index (κ1) is 17.8. The number of carbonyl (C=O) groups is 2. The Kier molecular flexibility index (Phi) is 4.67. The van der Waals surface area contributed by atoms with E-state index < -0.39 is 17.9 Å². The molecule has 1 spiro atoms. The van der Waals surface area contributed by atoms with Gasteiger partial charge in [-0.2, -0.15) is 0 Å². The zero-order valence-corrected chi connectivity index (χ0v) is 15.3. The highest BCUT2D eigenvalue weighted by atomic mass is 35.5. The summed E-state index contributed by atoms with van der Waals surface area (Å²) in [6.07, 6.45) is 3.73. The quantitative estimate of drug-likeness (QED) is 0.555. The van der Waals surface area contributed by atoms with Crippen molar-refractivity contribution in [2.24, 2.45) is 11.3 Å². The van der Waals surface area contributed by atoms with E-state index in [0.717, 1.165) is 25.8 Å². The molecule has 2 heterocycles. The average Bonchev–Trinajstić information content (AvgIpc) is 3.22. The standard InChI is InChI=1S/C19H24ClN3O3/c20-14-3-1-12(2-4-14)13-5-8-23(10-13)18(25)16-15(17(24)22-26)9-19(6-7-19)11-21-16/h1-4,13,15-16,21,26H,5-11H2,(H,22,24)/t13?,15-,16-/m0/s1. The van der Waals surface area contributed by atoms with Crippen molar-refractivity contribution in [3.05, 3.63) is 34.9 Å². The highest BCUT2D eigenvalue weighted by molar-refractivity contribution is 6.30. The summed E-state index contributed by atoms with van der Waals surface area (Å²) in [5.74, 6) is -0.723. The van der Waals surface area contributed by atoms with Crippen molar-refractivity contribution < 1.29 is 14.8 Å². The molecule has 3 atom stereocenters. The summed E-state index contributed by atoms with van der Waals surface area (Å²) in [5, 5.41) is 13.1. The Morgan fingerprint density at radius 2 is 2.00 bits per heavy atom. The molecule has 3 fully saturated rings. The minimum Gasteiger partial charge on any atom is -0.341 e. The van der Waals surface area contributed by atoms with E-state index in [1.165, 1.54) is 5.56 Å². The maximum Gasteiger partial charge on any atom is 0.248 e. The highest BCUT2D eigenvalue weighted by Gasteiger charge is 2.53. The Bertz CT molecular complexity index is 704. The van der Waals surface area contributed by atoms with E-state index in [4.69, 9.17) is 16.8 Å². The average molecular weight is 378 g/mol. The zero-order valence-electron chi connectivity index (χ0n) is 14.6. The summed E-state index contributed by atoms with van der Waals surface area (Å²) in [7, 11) is 0. The summed E-state index contributed by atoms with van der Waals surface area (Å²) < 4.78 is 0. The molecule has 0 bridgehead atoms. The van der Waals surface area contributed by atoms with Crippen LogP contribution in [0, 0.1) is 11.3 Å². The number of piperidine rings is 1. The van der Waals surface area contributed by atoms with Gasteiger partial charge in [-0.05, 0) is 48.8 Å². The van der Waals surface area contributed by atoms with Crippen LogP contribution < -0.4 is 10.8 Å². The van der Waals surface area contributed by atoms with Crippen molar-refractivity contribution in [2.75, 3.05) is 19.6 Å². The van der Waals surface area contributed by atoms with Crippen LogP contribution in [-0.2, 0) is 9.59 Å². The van der Waals surface area contributed by atoms with Gasteiger partial charge in [-0.25, -0.2) is 5.48 Å². The van der Waals surface area contributed by atoms with Crippen LogP contribution in [0.2, 0.25) is 5.02 Å². The number of amides is 2. The predicted octanol–water partition coefficient (Wildman–Crippen LogP) is 1.92. The number of nitrogens with zero attached hydrogens (tertiary/aromatic N) is 1. The van der Waals surface area contributed by atoms with E-state index in [-0.39, 0.29) is 11.3 Å². The lowest BCUT2D eigenvalue weighted by Gasteiger charge is -2.37. The van der Waals surface area contributed by atoms with Gasteiger partial charge in [0, 0.05) is 30.6 Å². The molecule has 1 aromatic carbocycles. The molecule has 7 heteroatoms. The first-order valence-corrected chi connectivity index (χ1v) is 9.61. The molecule has 26 heavy (non-hydrogen) atoms. The molecular formula is C19H24ClN3O3. The van der Waals surface area contributed by atoms with E-state index in [0.29, 0.717) is 30.5 Å². The van der Waals surface area contributed by atoms with E-state index in [2.05, 4.69) is 5.32 Å². The lowest BCUT2D eigenvalue weighted by atomic mass is 9.81. The van der Waals surface area contributed by atoms with Crippen LogP contribution in [0.15, 0.2) is 24.3 Å². The minimum atomic E-state index is -0.558. The van der Waals surface area contributed by atoms with Crippen LogP contribution in [-0.4, -0.2) is 47.6 Å². The van der Waals surface area contributed by atoms with Crippen molar-refractivity contribution >= 4 is 23.4 Å². The fraction of sp³-hybridized carbons (Fsp3) is 0.579. The lowest BCUT2D eigenvalue weighted by molar-refractivity contribution is -0.144. The van der Waals surface area contributed by atoms with E-state index >= 15 is 0 Å². The number of hydrogen-bond acceptors (Lipinski definition) is 4. The van der Waals surface area contributed by atoms with Crippen LogP contribution in [0.5, 0.6) is 0 Å². The number of carbonyl (C=O) groups excluding carboxylic acids is 2. The third-order valence-electron chi connectivity index (χ3n) is 6.26. The number of likely N-dealkylation sites (tertiary alicyclic amines) is 1. The fourth-order valence-corrected chi connectivity index (χ4v) is 4.56. The molecule has 6 nitrogen and oxygen atoms in total. The number of hydrogen-bond donors (Lipinski definition) is 3. The second-order valence-electron chi connectivity index (χ2n) is 7.97. The van der Waals surface area contributed by atoms with Crippen LogP contribution in [0.4, 0.5) is 0 Å². The molecule has 1 aliphatic carbocycles. The Morgan fingerprint density at radius 1 is 1.27 bits per heavy atom. The monoisotopic (exact) mass is 377 g/mol. The van der Waals surface area contributed by atoms with Crippen molar-refractivity contribution in [2.45, 2.75) is 37.6 Å². The second-order valence-corrected chi connectivity index (χ2v) is 8.40. The molecule has 2 aliphatic heterocycles. The van der Waals surface area contributed by atoms with Crippen molar-refractivity contribution in [3.8, 4) is 0 Å². The van der Waals surface area contributed by atoms with Gasteiger partial charge >= 0.3 is 0 Å². The van der Waals surface area contributed by atoms with Gasteiger partial charge in [0.1, 0.15) is 0 Å². The summed E-state index contributed by atoms with van der Waals surface area (Å²) in [5.41, 5.74) is 3.08. The smallest absolute Gasteiger partial charge is 0.248 e. The Hall–Kier alpha value is -1.63. The van der Waals surface area contributed by atoms with Gasteiger partial charge in [0.2, 0.25) is 11.8 Å². The van der Waals surface area contributed by atoms with Gasteiger partial charge < -0.3 is 10.2 Å². The molecule has 140 valence electrons. The molecule has 1 saturated carbocycles. The second kappa shape index (κ2) is 6.83. The van der Waals surface area contributed by atoms with Crippen LogP contribution in [0.25, 0.3) is 0 Å². The zero-order chi connectivity index (χ0) is 18.3. The molecule has 1 unspecified atom stereocenters.